The fourth-order valence-corrected chi connectivity index (χ4v) is 2.21. The lowest BCUT2D eigenvalue weighted by atomic mass is 9.96. The van der Waals surface area contributed by atoms with E-state index < -0.39 is 17.2 Å². The Balaban J connectivity index is 1.84. The van der Waals surface area contributed by atoms with Crippen molar-refractivity contribution in [2.75, 3.05) is 6.54 Å². The van der Waals surface area contributed by atoms with Crippen molar-refractivity contribution in [3.05, 3.63) is 71.3 Å². The van der Waals surface area contributed by atoms with Crippen LogP contribution in [0.25, 0.3) is 0 Å². The molecule has 0 fully saturated rings. The maximum atomic E-state index is 13.1. The van der Waals surface area contributed by atoms with Crippen molar-refractivity contribution in [3.63, 3.8) is 0 Å². The quantitative estimate of drug-likeness (QED) is 0.860. The molecule has 3 nitrogen and oxygen atoms in total. The summed E-state index contributed by atoms with van der Waals surface area (Å²) in [5, 5.41) is 13.0. The summed E-state index contributed by atoms with van der Waals surface area (Å²) in [6, 6.07) is 12.6. The molecule has 2 N–H and O–H groups in total. The minimum Gasteiger partial charge on any atom is -0.384 e. The van der Waals surface area contributed by atoms with E-state index in [1.807, 2.05) is 18.2 Å². The molecule has 2 aromatic rings. The first-order chi connectivity index (χ1) is 10.9. The van der Waals surface area contributed by atoms with Gasteiger partial charge in [-0.05, 0) is 36.6 Å². The molecule has 1 amide bonds. The van der Waals surface area contributed by atoms with Crippen LogP contribution in [0.3, 0.4) is 0 Å². The van der Waals surface area contributed by atoms with Gasteiger partial charge in [0.1, 0.15) is 5.60 Å². The second kappa shape index (κ2) is 7.33. The van der Waals surface area contributed by atoms with Crippen molar-refractivity contribution in [2.45, 2.75) is 25.4 Å². The van der Waals surface area contributed by atoms with Crippen LogP contribution in [0.15, 0.2) is 48.5 Å². The number of benzene rings is 2. The van der Waals surface area contributed by atoms with E-state index in [0.717, 1.165) is 12.1 Å². The Bertz CT molecular complexity index is 672. The predicted molar refractivity (Wildman–Crippen MR) is 83.7 cm³/mol. The molecule has 0 saturated heterocycles. The topological polar surface area (TPSA) is 49.3 Å². The maximum absolute atomic E-state index is 13.1. The zero-order chi connectivity index (χ0) is 16.9. The van der Waals surface area contributed by atoms with Crippen molar-refractivity contribution in [1.82, 2.24) is 5.32 Å². The van der Waals surface area contributed by atoms with Crippen LogP contribution in [0.2, 0.25) is 0 Å². The van der Waals surface area contributed by atoms with Gasteiger partial charge in [0.15, 0.2) is 11.6 Å². The third-order valence-electron chi connectivity index (χ3n) is 3.65. The molecule has 2 rings (SSSR count). The molecule has 0 aliphatic rings. The standard InChI is InChI=1S/C18H19F2NO2/c1-18(23,14-5-3-2-4-6-14)12-21-17(22)10-8-13-7-9-15(19)16(20)11-13/h2-7,9,11,23H,8,10,12H2,1H3,(H,21,22). The second-order valence-corrected chi connectivity index (χ2v) is 5.67. The average Bonchev–Trinajstić information content (AvgIpc) is 2.55. The number of nitrogens with one attached hydrogen (secondary N) is 1. The molecule has 0 aliphatic carbocycles. The third kappa shape index (κ3) is 4.86. The summed E-state index contributed by atoms with van der Waals surface area (Å²) < 4.78 is 25.9. The van der Waals surface area contributed by atoms with Crippen LogP contribution >= 0.6 is 0 Å². The van der Waals surface area contributed by atoms with Crippen molar-refractivity contribution in [3.8, 4) is 0 Å². The summed E-state index contributed by atoms with van der Waals surface area (Å²) in [6.07, 6.45) is 0.437. The highest BCUT2D eigenvalue weighted by Gasteiger charge is 2.23. The first-order valence-corrected chi connectivity index (χ1v) is 7.37. The van der Waals surface area contributed by atoms with E-state index in [1.54, 1.807) is 19.1 Å². The summed E-state index contributed by atoms with van der Waals surface area (Å²) in [5.41, 5.74) is 0.0913. The van der Waals surface area contributed by atoms with E-state index in [2.05, 4.69) is 5.32 Å². The lowest BCUT2D eigenvalue weighted by Crippen LogP contribution is -2.38. The normalized spacial score (nSPS) is 13.4. The highest BCUT2D eigenvalue weighted by Crippen LogP contribution is 2.19. The smallest absolute Gasteiger partial charge is 0.220 e. The summed E-state index contributed by atoms with van der Waals surface area (Å²) in [5.74, 6) is -2.09. The molecule has 1 unspecified atom stereocenters. The third-order valence-corrected chi connectivity index (χ3v) is 3.65. The van der Waals surface area contributed by atoms with Gasteiger partial charge < -0.3 is 10.4 Å². The molecule has 0 saturated carbocycles. The first kappa shape index (κ1) is 17.1. The van der Waals surface area contributed by atoms with Crippen LogP contribution in [-0.4, -0.2) is 17.6 Å². The van der Waals surface area contributed by atoms with Crippen LogP contribution in [0, 0.1) is 11.6 Å². The number of aryl methyl sites for hydroxylation is 1. The van der Waals surface area contributed by atoms with Crippen molar-refractivity contribution in [1.29, 1.82) is 0 Å². The van der Waals surface area contributed by atoms with Gasteiger partial charge in [-0.25, -0.2) is 8.78 Å². The van der Waals surface area contributed by atoms with E-state index in [4.69, 9.17) is 0 Å². The molecular weight excluding hydrogens is 300 g/mol. The monoisotopic (exact) mass is 319 g/mol. The van der Waals surface area contributed by atoms with Gasteiger partial charge in [0.2, 0.25) is 5.91 Å². The van der Waals surface area contributed by atoms with E-state index in [9.17, 15) is 18.7 Å². The fourth-order valence-electron chi connectivity index (χ4n) is 2.21. The number of halogens is 2. The van der Waals surface area contributed by atoms with Crippen molar-refractivity contribution >= 4 is 5.91 Å². The average molecular weight is 319 g/mol. The van der Waals surface area contributed by atoms with Crippen LogP contribution in [-0.2, 0) is 16.8 Å². The van der Waals surface area contributed by atoms with Gasteiger partial charge in [-0.3, -0.25) is 4.79 Å². The molecular formula is C18H19F2NO2. The molecule has 23 heavy (non-hydrogen) atoms. The minimum atomic E-state index is -1.17. The molecule has 0 bridgehead atoms. The second-order valence-electron chi connectivity index (χ2n) is 5.67. The van der Waals surface area contributed by atoms with Crippen molar-refractivity contribution in [2.24, 2.45) is 0 Å². The van der Waals surface area contributed by atoms with E-state index >= 15 is 0 Å². The molecule has 0 heterocycles. The number of hydrogen-bond acceptors (Lipinski definition) is 2. The molecule has 2 aromatic carbocycles. The Hall–Kier alpha value is -2.27. The van der Waals surface area contributed by atoms with E-state index in [1.165, 1.54) is 6.07 Å². The highest BCUT2D eigenvalue weighted by atomic mass is 19.2. The van der Waals surface area contributed by atoms with Gasteiger partial charge in [-0.1, -0.05) is 36.4 Å². The van der Waals surface area contributed by atoms with Gasteiger partial charge >= 0.3 is 0 Å². The largest absolute Gasteiger partial charge is 0.384 e. The van der Waals surface area contributed by atoms with Crippen molar-refractivity contribution < 1.29 is 18.7 Å². The summed E-state index contributed by atoms with van der Waals surface area (Å²) >= 11 is 0. The number of amides is 1. The lowest BCUT2D eigenvalue weighted by molar-refractivity contribution is -0.122. The van der Waals surface area contributed by atoms with Gasteiger partial charge in [-0.2, -0.15) is 0 Å². The predicted octanol–water partition coefficient (Wildman–Crippen LogP) is 2.92. The Morgan fingerprint density at radius 3 is 2.48 bits per heavy atom. The number of carbonyl (C=O) groups is 1. The molecule has 5 heteroatoms. The van der Waals surface area contributed by atoms with Gasteiger partial charge in [0.05, 0.1) is 6.54 Å². The number of aliphatic hydroxyl groups is 1. The zero-order valence-electron chi connectivity index (χ0n) is 12.9. The van der Waals surface area contributed by atoms with E-state index in [0.29, 0.717) is 17.5 Å². The number of rotatable bonds is 6. The van der Waals surface area contributed by atoms with Crippen LogP contribution < -0.4 is 5.32 Å². The molecule has 0 aromatic heterocycles. The molecule has 0 aliphatic heterocycles. The summed E-state index contributed by atoms with van der Waals surface area (Å²) in [7, 11) is 0. The Labute approximate surface area is 134 Å². The Kier molecular flexibility index (Phi) is 5.45. The Morgan fingerprint density at radius 1 is 1.13 bits per heavy atom. The van der Waals surface area contributed by atoms with Crippen LogP contribution in [0.5, 0.6) is 0 Å². The van der Waals surface area contributed by atoms with Gasteiger partial charge in [-0.15, -0.1) is 0 Å². The van der Waals surface area contributed by atoms with E-state index in [-0.39, 0.29) is 18.9 Å². The minimum absolute atomic E-state index is 0.0770. The molecule has 0 spiro atoms. The maximum Gasteiger partial charge on any atom is 0.220 e. The number of carbonyl (C=O) groups excluding carboxylic acids is 1. The molecule has 122 valence electrons. The molecule has 1 atom stereocenters. The van der Waals surface area contributed by atoms with Gasteiger partial charge in [0, 0.05) is 6.42 Å². The summed E-state index contributed by atoms with van der Waals surface area (Å²) in [6.45, 7) is 1.70. The first-order valence-electron chi connectivity index (χ1n) is 7.37. The van der Waals surface area contributed by atoms with Crippen LogP contribution in [0.4, 0.5) is 8.78 Å². The lowest BCUT2D eigenvalue weighted by Gasteiger charge is -2.24. The summed E-state index contributed by atoms with van der Waals surface area (Å²) in [4.78, 5) is 11.9. The SMILES string of the molecule is CC(O)(CNC(=O)CCc1ccc(F)c(F)c1)c1ccccc1. The zero-order valence-corrected chi connectivity index (χ0v) is 12.9. The fraction of sp³-hybridized carbons (Fsp3) is 0.278. The molecule has 0 radical (unpaired) electrons. The Morgan fingerprint density at radius 2 is 1.83 bits per heavy atom. The number of hydrogen-bond donors (Lipinski definition) is 2. The van der Waals surface area contributed by atoms with Gasteiger partial charge in [0.25, 0.3) is 0 Å². The van der Waals surface area contributed by atoms with Crippen LogP contribution in [0.1, 0.15) is 24.5 Å². The highest BCUT2D eigenvalue weighted by molar-refractivity contribution is 5.76.